The lowest BCUT2D eigenvalue weighted by atomic mass is 10.1. The predicted octanol–water partition coefficient (Wildman–Crippen LogP) is 4.34. The Kier molecular flexibility index (Phi) is 4.67. The predicted molar refractivity (Wildman–Crippen MR) is 85.6 cm³/mol. The number of nitrogens with zero attached hydrogens (tertiary/aromatic N) is 1. The van der Waals surface area contributed by atoms with Gasteiger partial charge in [0.2, 0.25) is 0 Å². The molecule has 2 aromatic carbocycles. The van der Waals surface area contributed by atoms with Crippen molar-refractivity contribution in [2.75, 3.05) is 18.6 Å². The number of methoxy groups -OCH3 is 1. The third kappa shape index (κ3) is 3.32. The van der Waals surface area contributed by atoms with Gasteiger partial charge in [0.1, 0.15) is 5.75 Å². The van der Waals surface area contributed by atoms with E-state index in [0.29, 0.717) is 0 Å². The lowest BCUT2D eigenvalue weighted by molar-refractivity contribution is 0.411. The summed E-state index contributed by atoms with van der Waals surface area (Å²) < 4.78 is 5.32. The van der Waals surface area contributed by atoms with Crippen LogP contribution in [0.5, 0.6) is 5.75 Å². The summed E-state index contributed by atoms with van der Waals surface area (Å²) in [4.78, 5) is 2.38. The van der Waals surface area contributed by atoms with Gasteiger partial charge in [-0.25, -0.2) is 0 Å². The molecule has 0 N–H and O–H groups in total. The van der Waals surface area contributed by atoms with Crippen LogP contribution in [0.4, 0.5) is 5.69 Å². The van der Waals surface area contributed by atoms with Crippen LogP contribution in [0, 0.1) is 13.8 Å². The molecule has 106 valence electrons. The van der Waals surface area contributed by atoms with Crippen molar-refractivity contribution in [1.82, 2.24) is 0 Å². The Morgan fingerprint density at radius 1 is 1.00 bits per heavy atom. The molecule has 0 unspecified atom stereocenters. The lowest BCUT2D eigenvalue weighted by Gasteiger charge is -2.24. The van der Waals surface area contributed by atoms with Crippen LogP contribution in [0.2, 0.25) is 0 Å². The fourth-order valence-electron chi connectivity index (χ4n) is 2.40. The van der Waals surface area contributed by atoms with Crippen LogP contribution < -0.4 is 9.64 Å². The van der Waals surface area contributed by atoms with E-state index in [4.69, 9.17) is 4.74 Å². The average molecular weight is 269 g/mol. The largest absolute Gasteiger partial charge is 0.496 e. The molecule has 2 aromatic rings. The topological polar surface area (TPSA) is 12.5 Å². The molecule has 20 heavy (non-hydrogen) atoms. The molecule has 0 bridgehead atoms. The molecule has 0 amide bonds. The minimum atomic E-state index is 0.921. The SMILES string of the molecule is CCN(Cc1ccc(OC)c(C)c1)c1ccc(C)cc1. The number of benzene rings is 2. The zero-order chi connectivity index (χ0) is 14.5. The summed E-state index contributed by atoms with van der Waals surface area (Å²) in [6.45, 7) is 8.31. The van der Waals surface area contributed by atoms with Gasteiger partial charge in [-0.3, -0.25) is 0 Å². The molecule has 0 atom stereocenters. The highest BCUT2D eigenvalue weighted by Gasteiger charge is 2.07. The maximum Gasteiger partial charge on any atom is 0.121 e. The normalized spacial score (nSPS) is 10.4. The van der Waals surface area contributed by atoms with Crippen molar-refractivity contribution in [1.29, 1.82) is 0 Å². The van der Waals surface area contributed by atoms with Crippen molar-refractivity contribution in [3.05, 3.63) is 59.2 Å². The summed E-state index contributed by atoms with van der Waals surface area (Å²) in [5, 5.41) is 0. The maximum atomic E-state index is 5.32. The summed E-state index contributed by atoms with van der Waals surface area (Å²) in [7, 11) is 1.71. The third-order valence-electron chi connectivity index (χ3n) is 3.61. The summed E-state index contributed by atoms with van der Waals surface area (Å²) in [5.41, 5.74) is 5.06. The van der Waals surface area contributed by atoms with Crippen LogP contribution >= 0.6 is 0 Å². The Morgan fingerprint density at radius 3 is 2.25 bits per heavy atom. The van der Waals surface area contributed by atoms with Crippen LogP contribution in [0.15, 0.2) is 42.5 Å². The van der Waals surface area contributed by atoms with E-state index in [0.717, 1.165) is 18.8 Å². The number of anilines is 1. The first-order chi connectivity index (χ1) is 9.63. The van der Waals surface area contributed by atoms with Crippen molar-refractivity contribution in [3.63, 3.8) is 0 Å². The van der Waals surface area contributed by atoms with Crippen LogP contribution in [0.3, 0.4) is 0 Å². The van der Waals surface area contributed by atoms with Gasteiger partial charge in [0.05, 0.1) is 7.11 Å². The van der Waals surface area contributed by atoms with Gasteiger partial charge < -0.3 is 9.64 Å². The molecule has 2 rings (SSSR count). The fourth-order valence-corrected chi connectivity index (χ4v) is 2.40. The van der Waals surface area contributed by atoms with Gasteiger partial charge in [-0.2, -0.15) is 0 Å². The molecular formula is C18H23NO. The van der Waals surface area contributed by atoms with Gasteiger partial charge in [-0.05, 0) is 50.1 Å². The number of ether oxygens (including phenoxy) is 1. The van der Waals surface area contributed by atoms with E-state index in [2.05, 4.69) is 62.1 Å². The Hall–Kier alpha value is -1.96. The summed E-state index contributed by atoms with van der Waals surface area (Å²) in [6.07, 6.45) is 0. The van der Waals surface area contributed by atoms with Crippen molar-refractivity contribution in [2.24, 2.45) is 0 Å². The molecule has 2 nitrogen and oxygen atoms in total. The van der Waals surface area contributed by atoms with Crippen LogP contribution in [-0.2, 0) is 6.54 Å². The maximum absolute atomic E-state index is 5.32. The molecule has 0 saturated heterocycles. The Labute approximate surface area is 122 Å². The molecule has 0 heterocycles. The second kappa shape index (κ2) is 6.47. The lowest BCUT2D eigenvalue weighted by Crippen LogP contribution is -2.21. The number of aryl methyl sites for hydroxylation is 2. The summed E-state index contributed by atoms with van der Waals surface area (Å²) >= 11 is 0. The van der Waals surface area contributed by atoms with Gasteiger partial charge in [0.15, 0.2) is 0 Å². The standard InChI is InChI=1S/C18H23NO/c1-5-19(17-9-6-14(2)7-10-17)13-16-8-11-18(20-4)15(3)12-16/h6-12H,5,13H2,1-4H3. The van der Waals surface area contributed by atoms with Crippen LogP contribution in [-0.4, -0.2) is 13.7 Å². The number of hydrogen-bond donors (Lipinski definition) is 0. The molecule has 0 aromatic heterocycles. The highest BCUT2D eigenvalue weighted by molar-refractivity contribution is 5.48. The average Bonchev–Trinajstić information content (AvgIpc) is 2.46. The molecular weight excluding hydrogens is 246 g/mol. The second-order valence-electron chi connectivity index (χ2n) is 5.15. The minimum absolute atomic E-state index is 0.921. The Balaban J connectivity index is 2.17. The Morgan fingerprint density at radius 2 is 1.70 bits per heavy atom. The van der Waals surface area contributed by atoms with E-state index >= 15 is 0 Å². The van der Waals surface area contributed by atoms with Crippen molar-refractivity contribution >= 4 is 5.69 Å². The van der Waals surface area contributed by atoms with E-state index < -0.39 is 0 Å². The third-order valence-corrected chi connectivity index (χ3v) is 3.61. The van der Waals surface area contributed by atoms with Gasteiger partial charge in [0.25, 0.3) is 0 Å². The molecule has 0 aliphatic carbocycles. The zero-order valence-electron chi connectivity index (χ0n) is 12.8. The van der Waals surface area contributed by atoms with Gasteiger partial charge in [-0.15, -0.1) is 0 Å². The molecule has 0 saturated carbocycles. The van der Waals surface area contributed by atoms with E-state index in [1.54, 1.807) is 7.11 Å². The van der Waals surface area contributed by atoms with E-state index in [1.807, 2.05) is 6.07 Å². The van der Waals surface area contributed by atoms with Crippen molar-refractivity contribution in [2.45, 2.75) is 27.3 Å². The van der Waals surface area contributed by atoms with Crippen molar-refractivity contribution < 1.29 is 4.74 Å². The highest BCUT2D eigenvalue weighted by Crippen LogP contribution is 2.22. The molecule has 0 spiro atoms. The smallest absolute Gasteiger partial charge is 0.121 e. The fraction of sp³-hybridized carbons (Fsp3) is 0.333. The molecule has 0 fully saturated rings. The molecule has 2 heteroatoms. The molecule has 0 radical (unpaired) electrons. The van der Waals surface area contributed by atoms with Crippen LogP contribution in [0.1, 0.15) is 23.6 Å². The quantitative estimate of drug-likeness (QED) is 0.800. The van der Waals surface area contributed by atoms with E-state index in [9.17, 15) is 0 Å². The number of hydrogen-bond acceptors (Lipinski definition) is 2. The van der Waals surface area contributed by atoms with E-state index in [1.165, 1.54) is 22.4 Å². The first-order valence-corrected chi connectivity index (χ1v) is 7.09. The van der Waals surface area contributed by atoms with Gasteiger partial charge in [-0.1, -0.05) is 29.8 Å². The number of rotatable bonds is 5. The van der Waals surface area contributed by atoms with E-state index in [-0.39, 0.29) is 0 Å². The monoisotopic (exact) mass is 269 g/mol. The van der Waals surface area contributed by atoms with Gasteiger partial charge >= 0.3 is 0 Å². The summed E-state index contributed by atoms with van der Waals surface area (Å²) in [5.74, 6) is 0.951. The van der Waals surface area contributed by atoms with Gasteiger partial charge in [0, 0.05) is 18.8 Å². The Bertz CT molecular complexity index is 560. The molecule has 0 aliphatic heterocycles. The summed E-state index contributed by atoms with van der Waals surface area (Å²) in [6, 6.07) is 15.1. The molecule has 0 aliphatic rings. The second-order valence-corrected chi connectivity index (χ2v) is 5.15. The first kappa shape index (κ1) is 14.4. The zero-order valence-corrected chi connectivity index (χ0v) is 12.8. The van der Waals surface area contributed by atoms with Crippen LogP contribution in [0.25, 0.3) is 0 Å². The highest BCUT2D eigenvalue weighted by atomic mass is 16.5. The van der Waals surface area contributed by atoms with Crippen molar-refractivity contribution in [3.8, 4) is 5.75 Å². The minimum Gasteiger partial charge on any atom is -0.496 e. The first-order valence-electron chi connectivity index (χ1n) is 7.09.